The number of nitrogens with zero attached hydrogens (tertiary/aromatic N) is 1. The zero-order valence-corrected chi connectivity index (χ0v) is 17.2. The number of carbonyl (C=O) groups is 2. The van der Waals surface area contributed by atoms with Gasteiger partial charge in [-0.1, -0.05) is 12.1 Å². The maximum Gasteiger partial charge on any atom is 0.392 e. The van der Waals surface area contributed by atoms with Crippen molar-refractivity contribution in [3.8, 4) is 17.2 Å². The third-order valence-corrected chi connectivity index (χ3v) is 4.44. The van der Waals surface area contributed by atoms with Gasteiger partial charge >= 0.3 is 6.18 Å². The monoisotopic (exact) mass is 463 g/mol. The van der Waals surface area contributed by atoms with Crippen molar-refractivity contribution in [1.82, 2.24) is 10.3 Å². The number of benzene rings is 2. The average molecular weight is 463 g/mol. The molecule has 8 nitrogen and oxygen atoms in total. The largest absolute Gasteiger partial charge is 0.507 e. The van der Waals surface area contributed by atoms with E-state index in [0.717, 1.165) is 0 Å². The number of pyridine rings is 1. The van der Waals surface area contributed by atoms with E-state index in [4.69, 9.17) is 15.2 Å². The van der Waals surface area contributed by atoms with Crippen molar-refractivity contribution in [3.63, 3.8) is 0 Å². The second-order valence-electron chi connectivity index (χ2n) is 6.88. The lowest BCUT2D eigenvalue weighted by molar-refractivity contribution is -0.139. The van der Waals surface area contributed by atoms with Crippen molar-refractivity contribution < 1.29 is 37.3 Å². The number of primary amides is 1. The zero-order chi connectivity index (χ0) is 24.0. The van der Waals surface area contributed by atoms with Crippen LogP contribution in [-0.4, -0.2) is 47.8 Å². The Balaban J connectivity index is 1.62. The predicted molar refractivity (Wildman–Crippen MR) is 112 cm³/mol. The number of aromatic nitrogens is 1. The molecule has 0 saturated heterocycles. The molecule has 33 heavy (non-hydrogen) atoms. The number of hydrogen-bond donors (Lipinski definition) is 3. The van der Waals surface area contributed by atoms with E-state index in [2.05, 4.69) is 10.3 Å². The molecule has 174 valence electrons. The Bertz CT molecular complexity index is 1170. The van der Waals surface area contributed by atoms with E-state index in [0.29, 0.717) is 10.9 Å². The summed E-state index contributed by atoms with van der Waals surface area (Å²) in [6.07, 6.45) is -5.49. The lowest BCUT2D eigenvalue weighted by atomic mass is 10.1. The highest BCUT2D eigenvalue weighted by molar-refractivity contribution is 5.97. The van der Waals surface area contributed by atoms with Crippen molar-refractivity contribution in [2.75, 3.05) is 19.8 Å². The minimum atomic E-state index is -4.36. The highest BCUT2D eigenvalue weighted by Crippen LogP contribution is 2.27. The molecule has 0 radical (unpaired) electrons. The molecule has 0 atom stereocenters. The summed E-state index contributed by atoms with van der Waals surface area (Å²) in [5, 5.41) is 12.8. The second-order valence-corrected chi connectivity index (χ2v) is 6.88. The van der Waals surface area contributed by atoms with Crippen LogP contribution in [0.2, 0.25) is 0 Å². The fraction of sp³-hybridized carbons (Fsp3) is 0.227. The minimum absolute atomic E-state index is 0.0286. The first kappa shape index (κ1) is 23.6. The van der Waals surface area contributed by atoms with Gasteiger partial charge in [-0.05, 0) is 24.3 Å². The minimum Gasteiger partial charge on any atom is -0.507 e. The maximum atomic E-state index is 12.5. The van der Waals surface area contributed by atoms with Crippen LogP contribution in [0.25, 0.3) is 10.9 Å². The van der Waals surface area contributed by atoms with Crippen molar-refractivity contribution in [2.24, 2.45) is 5.73 Å². The quantitative estimate of drug-likeness (QED) is 0.419. The van der Waals surface area contributed by atoms with Gasteiger partial charge in [-0.25, -0.2) is 4.98 Å². The van der Waals surface area contributed by atoms with Crippen LogP contribution < -0.4 is 20.5 Å². The molecular formula is C22H20F3N3O5. The van der Waals surface area contributed by atoms with Crippen LogP contribution >= 0.6 is 0 Å². The molecule has 0 aliphatic heterocycles. The Kier molecular flexibility index (Phi) is 7.21. The molecule has 11 heteroatoms. The van der Waals surface area contributed by atoms with E-state index in [1.807, 2.05) is 0 Å². The van der Waals surface area contributed by atoms with Crippen LogP contribution in [0.5, 0.6) is 17.2 Å². The van der Waals surface area contributed by atoms with E-state index >= 15 is 0 Å². The molecule has 3 aromatic rings. The van der Waals surface area contributed by atoms with Crippen LogP contribution in [0, 0.1) is 0 Å². The summed E-state index contributed by atoms with van der Waals surface area (Å²) in [6.45, 7) is -0.493. The molecule has 0 aliphatic rings. The molecule has 1 aromatic heterocycles. The van der Waals surface area contributed by atoms with Crippen molar-refractivity contribution in [2.45, 2.75) is 12.6 Å². The lowest BCUT2D eigenvalue weighted by Crippen LogP contribution is -2.29. The van der Waals surface area contributed by atoms with Crippen LogP contribution in [0.3, 0.4) is 0 Å². The third-order valence-electron chi connectivity index (χ3n) is 4.44. The van der Waals surface area contributed by atoms with E-state index in [1.165, 1.54) is 24.3 Å². The lowest BCUT2D eigenvalue weighted by Gasteiger charge is -2.13. The number of aromatic hydroxyl groups is 1. The number of nitrogens with one attached hydrogen (secondary N) is 1. The molecule has 4 N–H and O–H groups in total. The summed E-state index contributed by atoms with van der Waals surface area (Å²) < 4.78 is 48.0. The number of amides is 2. The summed E-state index contributed by atoms with van der Waals surface area (Å²) >= 11 is 0. The second kappa shape index (κ2) is 10.1. The van der Waals surface area contributed by atoms with E-state index in [-0.39, 0.29) is 41.7 Å². The Hall–Kier alpha value is -4.02. The van der Waals surface area contributed by atoms with Crippen LogP contribution in [0.15, 0.2) is 48.5 Å². The molecule has 2 amide bonds. The van der Waals surface area contributed by atoms with Crippen LogP contribution in [0.1, 0.15) is 27.3 Å². The van der Waals surface area contributed by atoms with Gasteiger partial charge in [0.15, 0.2) is 0 Å². The number of phenols is 1. The highest BCUT2D eigenvalue weighted by atomic mass is 19.4. The molecule has 0 fully saturated rings. The molecular weight excluding hydrogens is 443 g/mol. The topological polar surface area (TPSA) is 124 Å². The van der Waals surface area contributed by atoms with E-state index in [9.17, 15) is 27.9 Å². The molecule has 3 rings (SSSR count). The Labute approximate surface area is 186 Å². The Morgan fingerprint density at radius 1 is 1.06 bits per heavy atom. The maximum absolute atomic E-state index is 12.5. The van der Waals surface area contributed by atoms with Gasteiger partial charge in [0.1, 0.15) is 29.5 Å². The first-order chi connectivity index (χ1) is 15.6. The van der Waals surface area contributed by atoms with Crippen molar-refractivity contribution in [1.29, 1.82) is 0 Å². The average Bonchev–Trinajstić information content (AvgIpc) is 2.75. The first-order valence-electron chi connectivity index (χ1n) is 9.77. The van der Waals surface area contributed by atoms with E-state index < -0.39 is 31.0 Å². The number of hydrogen-bond acceptors (Lipinski definition) is 6. The standard InChI is InChI=1S/C22H20F3N3O5/c23-22(24,25)7-9-33-19-12-17(28-16-4-2-1-3-14(16)19)21(31)27-8-10-32-13-5-6-15(20(26)30)18(29)11-13/h1-6,11-12,29H,7-10H2,(H2,26,30)(H,27,31). The smallest absolute Gasteiger partial charge is 0.392 e. The fourth-order valence-corrected chi connectivity index (χ4v) is 2.89. The van der Waals surface area contributed by atoms with Gasteiger partial charge in [0.25, 0.3) is 11.8 Å². The van der Waals surface area contributed by atoms with Gasteiger partial charge in [-0.2, -0.15) is 13.2 Å². The SMILES string of the molecule is NC(=O)c1ccc(OCCNC(=O)c2cc(OCCC(F)(F)F)c3ccccc3n2)cc1O. The Morgan fingerprint density at radius 3 is 2.52 bits per heavy atom. The molecule has 1 heterocycles. The van der Waals surface area contributed by atoms with Gasteiger partial charge in [0.2, 0.25) is 0 Å². The summed E-state index contributed by atoms with van der Waals surface area (Å²) in [4.78, 5) is 27.9. The predicted octanol–water partition coefficient (Wildman–Crippen LogP) is 3.18. The van der Waals surface area contributed by atoms with Crippen LogP contribution in [0.4, 0.5) is 13.2 Å². The fourth-order valence-electron chi connectivity index (χ4n) is 2.89. The molecule has 0 aliphatic carbocycles. The van der Waals surface area contributed by atoms with E-state index in [1.54, 1.807) is 24.3 Å². The zero-order valence-electron chi connectivity index (χ0n) is 17.2. The number of para-hydroxylation sites is 1. The summed E-state index contributed by atoms with van der Waals surface area (Å²) in [5.41, 5.74) is 5.43. The van der Waals surface area contributed by atoms with Gasteiger partial charge < -0.3 is 25.6 Å². The van der Waals surface area contributed by atoms with Gasteiger partial charge in [0, 0.05) is 17.5 Å². The van der Waals surface area contributed by atoms with Crippen LogP contribution in [-0.2, 0) is 0 Å². The van der Waals surface area contributed by atoms with Crippen molar-refractivity contribution in [3.05, 3.63) is 59.8 Å². The first-order valence-corrected chi connectivity index (χ1v) is 9.77. The van der Waals surface area contributed by atoms with Gasteiger partial charge in [-0.3, -0.25) is 9.59 Å². The molecule has 0 saturated carbocycles. The number of fused-ring (bicyclic) bond motifs is 1. The molecule has 0 spiro atoms. The number of alkyl halides is 3. The Morgan fingerprint density at radius 2 is 1.82 bits per heavy atom. The highest BCUT2D eigenvalue weighted by Gasteiger charge is 2.27. The molecule has 0 unspecified atom stereocenters. The summed E-state index contributed by atoms with van der Waals surface area (Å²) in [5.74, 6) is -1.30. The summed E-state index contributed by atoms with van der Waals surface area (Å²) in [7, 11) is 0. The molecule has 2 aromatic carbocycles. The van der Waals surface area contributed by atoms with Gasteiger partial charge in [0.05, 0.1) is 30.7 Å². The normalized spacial score (nSPS) is 11.2. The molecule has 0 bridgehead atoms. The number of rotatable bonds is 9. The number of ether oxygens (including phenoxy) is 2. The number of nitrogens with two attached hydrogens (primary N) is 1. The third kappa shape index (κ3) is 6.48. The van der Waals surface area contributed by atoms with Gasteiger partial charge in [-0.15, -0.1) is 0 Å². The number of carbonyl (C=O) groups excluding carboxylic acids is 2. The van der Waals surface area contributed by atoms with Crippen molar-refractivity contribution >= 4 is 22.7 Å². The number of halogens is 3. The summed E-state index contributed by atoms with van der Waals surface area (Å²) in [6, 6.07) is 11.9.